The average Bonchev–Trinajstić information content (AvgIpc) is 2.54. The first kappa shape index (κ1) is 17.9. The van der Waals surface area contributed by atoms with E-state index in [0.29, 0.717) is 0 Å². The lowest BCUT2D eigenvalue weighted by molar-refractivity contribution is 0.397. The van der Waals surface area contributed by atoms with Gasteiger partial charge in [-0.25, -0.2) is 0 Å². The van der Waals surface area contributed by atoms with Crippen LogP contribution in [0.25, 0.3) is 0 Å². The molecule has 5 heteroatoms. The van der Waals surface area contributed by atoms with Crippen LogP contribution in [-0.2, 0) is 11.8 Å². The molecule has 1 heterocycles. The minimum atomic E-state index is 0. The monoisotopic (exact) mass is 431 g/mol. The third-order valence-electron chi connectivity index (χ3n) is 4.77. The molecular weight excluding hydrogens is 405 g/mol. The highest BCUT2D eigenvalue weighted by atomic mass is 127. The summed E-state index contributed by atoms with van der Waals surface area (Å²) in [5, 5.41) is 0. The Bertz CT molecular complexity index is 528. The number of nitrogens with two attached hydrogens (primary N) is 1. The van der Waals surface area contributed by atoms with Crippen LogP contribution in [0.5, 0.6) is 0 Å². The molecule has 0 radical (unpaired) electrons. The molecule has 3 rings (SSSR count). The molecule has 1 unspecified atom stereocenters. The van der Waals surface area contributed by atoms with Crippen LogP contribution in [0.3, 0.4) is 0 Å². The van der Waals surface area contributed by atoms with Gasteiger partial charge in [0, 0.05) is 30.0 Å². The van der Waals surface area contributed by atoms with Gasteiger partial charge in [0.1, 0.15) is 0 Å². The highest BCUT2D eigenvalue weighted by Gasteiger charge is 2.31. The molecule has 3 nitrogen and oxygen atoms in total. The van der Waals surface area contributed by atoms with Crippen LogP contribution in [0, 0.1) is 0 Å². The van der Waals surface area contributed by atoms with Crippen molar-refractivity contribution in [3.8, 4) is 0 Å². The van der Waals surface area contributed by atoms with Gasteiger partial charge in [-0.1, -0.05) is 31.2 Å². The number of guanidine groups is 1. The summed E-state index contributed by atoms with van der Waals surface area (Å²) in [6.07, 6.45) is 3.66. The van der Waals surface area contributed by atoms with Gasteiger partial charge in [-0.05, 0) is 30.4 Å². The van der Waals surface area contributed by atoms with Crippen molar-refractivity contribution in [2.24, 2.45) is 10.7 Å². The maximum Gasteiger partial charge on any atom is 0.191 e. The third kappa shape index (κ3) is 3.91. The number of hydrogen-bond donors (Lipinski definition) is 1. The van der Waals surface area contributed by atoms with E-state index in [0.717, 1.165) is 37.1 Å². The minimum absolute atomic E-state index is 0. The normalized spacial score (nSPS) is 25.3. The quantitative estimate of drug-likeness (QED) is 0.444. The first-order valence-electron chi connectivity index (χ1n) is 7.90. The summed E-state index contributed by atoms with van der Waals surface area (Å²) >= 11 is 2.00. The summed E-state index contributed by atoms with van der Waals surface area (Å²) in [4.78, 5) is 6.98. The predicted octanol–water partition coefficient (Wildman–Crippen LogP) is 3.26. The second kappa shape index (κ2) is 7.90. The van der Waals surface area contributed by atoms with Gasteiger partial charge in [-0.15, -0.1) is 24.0 Å². The summed E-state index contributed by atoms with van der Waals surface area (Å²) in [6, 6.07) is 8.84. The van der Waals surface area contributed by atoms with Crippen molar-refractivity contribution in [1.29, 1.82) is 0 Å². The first-order chi connectivity index (χ1) is 10.2. The first-order valence-corrected chi connectivity index (χ1v) is 9.05. The van der Waals surface area contributed by atoms with Gasteiger partial charge in [0.15, 0.2) is 5.96 Å². The van der Waals surface area contributed by atoms with Crippen molar-refractivity contribution in [2.75, 3.05) is 31.1 Å². The molecule has 2 aliphatic rings. The molecule has 1 fully saturated rings. The smallest absolute Gasteiger partial charge is 0.191 e. The van der Waals surface area contributed by atoms with Crippen LogP contribution in [0.2, 0.25) is 0 Å². The number of benzene rings is 1. The van der Waals surface area contributed by atoms with Crippen molar-refractivity contribution >= 4 is 41.7 Å². The van der Waals surface area contributed by atoms with Gasteiger partial charge >= 0.3 is 0 Å². The maximum absolute atomic E-state index is 6.21. The second-order valence-corrected chi connectivity index (χ2v) is 7.57. The number of rotatable bonds is 2. The maximum atomic E-state index is 6.21. The molecule has 0 bridgehead atoms. The number of thioether (sulfide) groups is 1. The summed E-state index contributed by atoms with van der Waals surface area (Å²) in [7, 11) is 0. The molecule has 1 atom stereocenters. The molecule has 1 aliphatic carbocycles. The van der Waals surface area contributed by atoms with Crippen LogP contribution in [0.1, 0.15) is 30.9 Å². The zero-order valence-electron chi connectivity index (χ0n) is 13.3. The van der Waals surface area contributed by atoms with Gasteiger partial charge in [-0.3, -0.25) is 4.99 Å². The minimum Gasteiger partial charge on any atom is -0.370 e. The molecular formula is C17H26IN3S. The van der Waals surface area contributed by atoms with Crippen LogP contribution in [0.15, 0.2) is 29.3 Å². The van der Waals surface area contributed by atoms with Gasteiger partial charge in [0.25, 0.3) is 0 Å². The number of halogens is 1. The Hall–Kier alpha value is -0.430. The molecule has 0 spiro atoms. The van der Waals surface area contributed by atoms with E-state index >= 15 is 0 Å². The fourth-order valence-corrected chi connectivity index (χ4v) is 4.35. The Morgan fingerprint density at radius 3 is 2.82 bits per heavy atom. The Morgan fingerprint density at radius 1 is 1.32 bits per heavy atom. The van der Waals surface area contributed by atoms with Crippen molar-refractivity contribution in [1.82, 2.24) is 4.90 Å². The zero-order valence-corrected chi connectivity index (χ0v) is 16.4. The van der Waals surface area contributed by atoms with Gasteiger partial charge in [0.05, 0.1) is 6.54 Å². The van der Waals surface area contributed by atoms with E-state index in [1.165, 1.54) is 30.4 Å². The summed E-state index contributed by atoms with van der Waals surface area (Å²) in [5.74, 6) is 3.06. The molecule has 122 valence electrons. The Morgan fingerprint density at radius 2 is 2.05 bits per heavy atom. The lowest BCUT2D eigenvalue weighted by atomic mass is 9.71. The lowest BCUT2D eigenvalue weighted by Gasteiger charge is -2.35. The molecule has 1 aromatic rings. The van der Waals surface area contributed by atoms with E-state index < -0.39 is 0 Å². The number of hydrogen-bond acceptors (Lipinski definition) is 2. The Balaban J connectivity index is 0.00000176. The summed E-state index contributed by atoms with van der Waals surface area (Å²) < 4.78 is 0. The molecule has 1 aliphatic heterocycles. The molecule has 0 saturated carbocycles. The highest BCUT2D eigenvalue weighted by Crippen LogP contribution is 2.37. The molecule has 22 heavy (non-hydrogen) atoms. The predicted molar refractivity (Wildman–Crippen MR) is 108 cm³/mol. The highest BCUT2D eigenvalue weighted by molar-refractivity contribution is 14.0. The van der Waals surface area contributed by atoms with Crippen molar-refractivity contribution in [3.63, 3.8) is 0 Å². The lowest BCUT2D eigenvalue weighted by Crippen LogP contribution is -2.43. The van der Waals surface area contributed by atoms with Gasteiger partial charge in [0.2, 0.25) is 0 Å². The number of aryl methyl sites for hydroxylation is 1. The number of nitrogens with zero attached hydrogens (tertiary/aromatic N) is 2. The van der Waals surface area contributed by atoms with E-state index in [1.807, 2.05) is 11.8 Å². The molecule has 1 aromatic carbocycles. The van der Waals surface area contributed by atoms with Crippen LogP contribution < -0.4 is 5.73 Å². The summed E-state index contributed by atoms with van der Waals surface area (Å²) in [6.45, 7) is 5.22. The van der Waals surface area contributed by atoms with Crippen LogP contribution in [0.4, 0.5) is 0 Å². The molecule has 0 aromatic heterocycles. The van der Waals surface area contributed by atoms with Gasteiger partial charge in [-0.2, -0.15) is 11.8 Å². The fourth-order valence-electron chi connectivity index (χ4n) is 3.44. The standard InChI is InChI=1S/C17H25N3S.HI/c1-17(8-4-6-14-5-2-3-7-15(14)17)13-19-16(18)20-9-11-21-12-10-20;/h2-3,5,7H,4,6,8-13H2,1H3,(H2,18,19);1H. The average molecular weight is 431 g/mol. The van der Waals surface area contributed by atoms with E-state index in [4.69, 9.17) is 10.7 Å². The number of aliphatic imine (C=N–C) groups is 1. The summed E-state index contributed by atoms with van der Waals surface area (Å²) in [5.41, 5.74) is 9.32. The SMILES string of the molecule is CC1(CN=C(N)N2CCSCC2)CCCc2ccccc21.I. The molecule has 0 amide bonds. The largest absolute Gasteiger partial charge is 0.370 e. The Labute approximate surface area is 155 Å². The van der Waals surface area contributed by atoms with Crippen LogP contribution in [-0.4, -0.2) is 42.0 Å². The van der Waals surface area contributed by atoms with Gasteiger partial charge < -0.3 is 10.6 Å². The van der Waals surface area contributed by atoms with Crippen molar-refractivity contribution in [2.45, 2.75) is 31.6 Å². The topological polar surface area (TPSA) is 41.6 Å². The number of fused-ring (bicyclic) bond motifs is 1. The zero-order chi connectivity index (χ0) is 14.7. The van der Waals surface area contributed by atoms with Crippen molar-refractivity contribution < 1.29 is 0 Å². The fraction of sp³-hybridized carbons (Fsp3) is 0.588. The third-order valence-corrected chi connectivity index (χ3v) is 5.71. The van der Waals surface area contributed by atoms with Crippen molar-refractivity contribution in [3.05, 3.63) is 35.4 Å². The second-order valence-electron chi connectivity index (χ2n) is 6.35. The Kier molecular flexibility index (Phi) is 6.44. The van der Waals surface area contributed by atoms with E-state index in [-0.39, 0.29) is 29.4 Å². The molecule has 2 N–H and O–H groups in total. The van der Waals surface area contributed by atoms with E-state index in [2.05, 4.69) is 36.1 Å². The molecule has 1 saturated heterocycles. The van der Waals surface area contributed by atoms with Crippen LogP contribution >= 0.6 is 35.7 Å². The van der Waals surface area contributed by atoms with E-state index in [9.17, 15) is 0 Å². The van der Waals surface area contributed by atoms with E-state index in [1.54, 1.807) is 0 Å².